The van der Waals surface area contributed by atoms with Crippen LogP contribution in [0, 0.1) is 0 Å². The zero-order valence-electron chi connectivity index (χ0n) is 16.3. The van der Waals surface area contributed by atoms with E-state index in [2.05, 4.69) is 31.6 Å². The van der Waals surface area contributed by atoms with Crippen LogP contribution >= 0.6 is 15.9 Å². The monoisotopic (exact) mass is 470 g/mol. The Kier molecular flexibility index (Phi) is 6.63. The van der Waals surface area contributed by atoms with Gasteiger partial charge in [0.15, 0.2) is 0 Å². The highest BCUT2D eigenvalue weighted by Crippen LogP contribution is 2.15. The van der Waals surface area contributed by atoms with Crippen molar-refractivity contribution in [2.75, 3.05) is 7.11 Å². The number of ether oxygens (including phenoxy) is 1. The summed E-state index contributed by atoms with van der Waals surface area (Å²) in [5, 5.41) is 7.03. The molecule has 0 bridgehead atoms. The molecule has 3 rings (SSSR count). The first kappa shape index (κ1) is 21.3. The van der Waals surface area contributed by atoms with E-state index in [4.69, 9.17) is 4.74 Å². The van der Waals surface area contributed by atoms with Crippen molar-refractivity contribution in [3.63, 3.8) is 0 Å². The van der Waals surface area contributed by atoms with Crippen molar-refractivity contribution < 1.29 is 14.3 Å². The van der Waals surface area contributed by atoms with Gasteiger partial charge in [-0.25, -0.2) is 10.1 Å². The molecule has 0 radical (unpaired) electrons. The number of carbonyl (C=O) groups excluding carboxylic acids is 2. The van der Waals surface area contributed by atoms with Crippen LogP contribution < -0.4 is 11.0 Å². The minimum absolute atomic E-state index is 0.147. The Labute approximate surface area is 180 Å². The normalized spacial score (nSPS) is 11.2. The summed E-state index contributed by atoms with van der Waals surface area (Å²) in [5.41, 5.74) is 3.85. The van der Waals surface area contributed by atoms with Crippen molar-refractivity contribution in [2.45, 2.75) is 13.3 Å². The van der Waals surface area contributed by atoms with E-state index in [9.17, 15) is 14.4 Å². The van der Waals surface area contributed by atoms with E-state index in [1.54, 1.807) is 55.5 Å². The number of halogens is 1. The van der Waals surface area contributed by atoms with Crippen LogP contribution in [0.25, 0.3) is 5.69 Å². The van der Waals surface area contributed by atoms with Crippen molar-refractivity contribution in [3.8, 4) is 5.69 Å². The summed E-state index contributed by atoms with van der Waals surface area (Å²) >= 11 is 3.32. The molecule has 0 saturated heterocycles. The number of aromatic amines is 1. The number of amides is 1. The Morgan fingerprint density at radius 3 is 2.47 bits per heavy atom. The van der Waals surface area contributed by atoms with E-state index in [0.29, 0.717) is 21.4 Å². The first-order valence-corrected chi connectivity index (χ1v) is 9.77. The van der Waals surface area contributed by atoms with Gasteiger partial charge in [-0.15, -0.1) is 0 Å². The Balaban J connectivity index is 1.98. The van der Waals surface area contributed by atoms with Gasteiger partial charge in [0.2, 0.25) is 0 Å². The number of hydrogen-bond donors (Lipinski definition) is 2. The molecule has 30 heavy (non-hydrogen) atoms. The molecule has 0 spiro atoms. The molecule has 0 fully saturated rings. The molecule has 0 aliphatic heterocycles. The minimum atomic E-state index is -0.511. The Morgan fingerprint density at radius 1 is 1.13 bits per heavy atom. The predicted octanol–water partition coefficient (Wildman–Crippen LogP) is 2.80. The maximum absolute atomic E-state index is 13.0. The molecule has 0 saturated carbocycles. The molecule has 0 aliphatic carbocycles. The Morgan fingerprint density at radius 2 is 1.80 bits per heavy atom. The fourth-order valence-electron chi connectivity index (χ4n) is 2.86. The van der Waals surface area contributed by atoms with E-state index in [0.717, 1.165) is 0 Å². The van der Waals surface area contributed by atoms with Crippen molar-refractivity contribution in [1.29, 1.82) is 0 Å². The van der Waals surface area contributed by atoms with E-state index in [1.807, 2.05) is 6.07 Å². The predicted molar refractivity (Wildman–Crippen MR) is 116 cm³/mol. The third-order valence-corrected chi connectivity index (χ3v) is 5.03. The van der Waals surface area contributed by atoms with Gasteiger partial charge in [-0.2, -0.15) is 5.10 Å². The maximum atomic E-state index is 13.0. The van der Waals surface area contributed by atoms with Gasteiger partial charge in [-0.1, -0.05) is 30.3 Å². The SMILES string of the molecule is COC(=O)Cc1[nH]n(-c2ccccc2)c(=O)c1/C(C)=N/NC(=O)c1ccccc1Br. The molecule has 0 unspecified atom stereocenters. The molecule has 1 aromatic heterocycles. The number of H-pyrrole nitrogens is 1. The molecule has 0 atom stereocenters. The van der Waals surface area contributed by atoms with Gasteiger partial charge in [-0.05, 0) is 47.1 Å². The molecule has 1 amide bonds. The molecule has 1 heterocycles. The zero-order chi connectivity index (χ0) is 21.7. The van der Waals surface area contributed by atoms with Crippen molar-refractivity contribution in [2.24, 2.45) is 5.10 Å². The summed E-state index contributed by atoms with van der Waals surface area (Å²) in [7, 11) is 1.27. The molecule has 8 nitrogen and oxygen atoms in total. The standard InChI is InChI=1S/C21H19BrN4O4/c1-13(23-24-20(28)15-10-6-7-11-16(15)22)19-17(12-18(27)30-2)25-26(21(19)29)14-8-4-3-5-9-14/h3-11,25H,12H2,1-2H3,(H,24,28)/b23-13+. The molecule has 2 N–H and O–H groups in total. The second-order valence-electron chi connectivity index (χ2n) is 6.31. The second-order valence-corrected chi connectivity index (χ2v) is 7.17. The van der Waals surface area contributed by atoms with Crippen LogP contribution in [0.15, 0.2) is 69.0 Å². The van der Waals surface area contributed by atoms with E-state index >= 15 is 0 Å². The Hall–Kier alpha value is -3.46. The van der Waals surface area contributed by atoms with E-state index in [1.165, 1.54) is 11.8 Å². The van der Waals surface area contributed by atoms with Gasteiger partial charge >= 0.3 is 5.97 Å². The maximum Gasteiger partial charge on any atom is 0.311 e. The lowest BCUT2D eigenvalue weighted by atomic mass is 10.1. The lowest BCUT2D eigenvalue weighted by Gasteiger charge is -2.04. The van der Waals surface area contributed by atoms with Gasteiger partial charge in [-0.3, -0.25) is 19.5 Å². The van der Waals surface area contributed by atoms with E-state index < -0.39 is 17.4 Å². The van der Waals surface area contributed by atoms with Crippen LogP contribution in [0.4, 0.5) is 0 Å². The second kappa shape index (κ2) is 9.36. The third-order valence-electron chi connectivity index (χ3n) is 4.33. The number of carbonyl (C=O) groups is 2. The number of para-hydroxylation sites is 1. The fraction of sp³-hybridized carbons (Fsp3) is 0.143. The lowest BCUT2D eigenvalue weighted by Crippen LogP contribution is -2.24. The summed E-state index contributed by atoms with van der Waals surface area (Å²) < 4.78 is 6.67. The molecule has 0 aliphatic rings. The number of esters is 1. The smallest absolute Gasteiger partial charge is 0.311 e. The van der Waals surface area contributed by atoms with Gasteiger partial charge in [0.05, 0.1) is 41.8 Å². The first-order chi connectivity index (χ1) is 14.4. The zero-order valence-corrected chi connectivity index (χ0v) is 17.9. The number of nitrogens with one attached hydrogen (secondary N) is 2. The van der Waals surface area contributed by atoms with Crippen molar-refractivity contribution in [3.05, 3.63) is 86.2 Å². The van der Waals surface area contributed by atoms with Crippen LogP contribution in [-0.2, 0) is 16.0 Å². The molecule has 9 heteroatoms. The largest absolute Gasteiger partial charge is 0.469 e. The summed E-state index contributed by atoms with van der Waals surface area (Å²) in [6.45, 7) is 1.58. The van der Waals surface area contributed by atoms with Gasteiger partial charge in [0.1, 0.15) is 0 Å². The van der Waals surface area contributed by atoms with Crippen molar-refractivity contribution in [1.82, 2.24) is 15.2 Å². The number of nitrogens with zero attached hydrogens (tertiary/aromatic N) is 2. The average molecular weight is 471 g/mol. The number of hydrazone groups is 1. The highest BCUT2D eigenvalue weighted by atomic mass is 79.9. The topological polar surface area (TPSA) is 106 Å². The van der Waals surface area contributed by atoms with Crippen LogP contribution in [0.3, 0.4) is 0 Å². The molecule has 2 aromatic carbocycles. The van der Waals surface area contributed by atoms with Gasteiger partial charge in [0, 0.05) is 4.47 Å². The van der Waals surface area contributed by atoms with Crippen LogP contribution in [-0.4, -0.2) is 34.5 Å². The number of methoxy groups -OCH3 is 1. The van der Waals surface area contributed by atoms with Crippen LogP contribution in [0.1, 0.15) is 28.5 Å². The molecule has 3 aromatic rings. The lowest BCUT2D eigenvalue weighted by molar-refractivity contribution is -0.139. The molecule has 154 valence electrons. The third kappa shape index (κ3) is 4.57. The highest BCUT2D eigenvalue weighted by Gasteiger charge is 2.21. The summed E-state index contributed by atoms with van der Waals surface area (Å²) in [6, 6.07) is 15.8. The number of aromatic nitrogens is 2. The van der Waals surface area contributed by atoms with Gasteiger partial charge < -0.3 is 4.74 Å². The first-order valence-electron chi connectivity index (χ1n) is 8.98. The number of hydrogen-bond acceptors (Lipinski definition) is 5. The average Bonchev–Trinajstić information content (AvgIpc) is 3.08. The van der Waals surface area contributed by atoms with E-state index in [-0.39, 0.29) is 17.7 Å². The van der Waals surface area contributed by atoms with Crippen molar-refractivity contribution >= 4 is 33.5 Å². The summed E-state index contributed by atoms with van der Waals surface area (Å²) in [5.74, 6) is -0.946. The van der Waals surface area contributed by atoms with Gasteiger partial charge in [0.25, 0.3) is 11.5 Å². The summed E-state index contributed by atoms with van der Waals surface area (Å²) in [4.78, 5) is 37.3. The Bertz CT molecular complexity index is 1170. The molecular weight excluding hydrogens is 452 g/mol. The number of benzene rings is 2. The quantitative estimate of drug-likeness (QED) is 0.328. The van der Waals surface area contributed by atoms with Crippen LogP contribution in [0.5, 0.6) is 0 Å². The molecular formula is C21H19BrN4O4. The summed E-state index contributed by atoms with van der Waals surface area (Å²) in [6.07, 6.45) is -0.147. The minimum Gasteiger partial charge on any atom is -0.469 e. The van der Waals surface area contributed by atoms with Crippen LogP contribution in [0.2, 0.25) is 0 Å². The highest BCUT2D eigenvalue weighted by molar-refractivity contribution is 9.10. The fourth-order valence-corrected chi connectivity index (χ4v) is 3.32. The number of rotatable bonds is 6.